The highest BCUT2D eigenvalue weighted by Gasteiger charge is 2.30. The fourth-order valence-electron chi connectivity index (χ4n) is 2.91. The molecule has 2 rings (SSSR count). The topological polar surface area (TPSA) is 68.2 Å². The molecule has 3 N–H and O–H groups in total. The molecule has 0 heterocycles. The number of hydrogen-bond donors (Lipinski definition) is 3. The standard InChI is InChI=1S/C19H30N4O.ClH/c1-12(2)15-7-6-8-16(13(3)4)17(15)23(11-14-9-10-14)18(20)22-19(24)21-5;/h6-8,12-14H,9-11H2,1-5H3,(H3,20,21,22,24);1H. The minimum Gasteiger partial charge on any atom is -0.341 e. The summed E-state index contributed by atoms with van der Waals surface area (Å²) in [6.07, 6.45) is 2.40. The van der Waals surface area contributed by atoms with Crippen LogP contribution in [0.2, 0.25) is 0 Å². The summed E-state index contributed by atoms with van der Waals surface area (Å²) in [5.41, 5.74) is 3.55. The summed E-state index contributed by atoms with van der Waals surface area (Å²) < 4.78 is 0. The maximum absolute atomic E-state index is 11.7. The van der Waals surface area contributed by atoms with Crippen molar-refractivity contribution in [3.8, 4) is 0 Å². The van der Waals surface area contributed by atoms with Gasteiger partial charge < -0.3 is 10.2 Å². The molecule has 0 radical (unpaired) electrons. The second-order valence-electron chi connectivity index (χ2n) is 7.20. The van der Waals surface area contributed by atoms with E-state index in [1.807, 2.05) is 4.90 Å². The van der Waals surface area contributed by atoms with Crippen LogP contribution in [0.1, 0.15) is 63.5 Å². The van der Waals surface area contributed by atoms with Crippen molar-refractivity contribution in [1.29, 1.82) is 5.41 Å². The quantitative estimate of drug-likeness (QED) is 0.532. The highest BCUT2D eigenvalue weighted by molar-refractivity contribution is 6.04. The summed E-state index contributed by atoms with van der Waals surface area (Å²) in [6, 6.07) is 6.02. The zero-order valence-electron chi connectivity index (χ0n) is 15.8. The minimum atomic E-state index is -0.353. The van der Waals surface area contributed by atoms with E-state index in [0.29, 0.717) is 17.8 Å². The number of para-hydroxylation sites is 1. The third kappa shape index (κ3) is 5.36. The Morgan fingerprint density at radius 2 is 1.72 bits per heavy atom. The summed E-state index contributed by atoms with van der Waals surface area (Å²) in [5, 5.41) is 13.6. The lowest BCUT2D eigenvalue weighted by atomic mass is 9.92. The number of carbonyl (C=O) groups is 1. The largest absolute Gasteiger partial charge is 0.341 e. The molecule has 0 aromatic heterocycles. The number of urea groups is 1. The molecule has 6 heteroatoms. The van der Waals surface area contributed by atoms with Crippen molar-refractivity contribution in [3.63, 3.8) is 0 Å². The first-order valence-electron chi connectivity index (χ1n) is 8.82. The number of guanidine groups is 1. The lowest BCUT2D eigenvalue weighted by Gasteiger charge is -2.31. The normalized spacial score (nSPS) is 13.4. The molecule has 1 aliphatic carbocycles. The SMILES string of the molecule is CNC(=O)NC(=N)N(CC1CC1)c1c(C(C)C)cccc1C(C)C.Cl. The monoisotopic (exact) mass is 366 g/mol. The number of nitrogens with one attached hydrogen (secondary N) is 3. The van der Waals surface area contributed by atoms with E-state index >= 15 is 0 Å². The Labute approximate surface area is 157 Å². The van der Waals surface area contributed by atoms with Crippen LogP contribution in [0.25, 0.3) is 0 Å². The fourth-order valence-corrected chi connectivity index (χ4v) is 2.91. The van der Waals surface area contributed by atoms with Crippen LogP contribution in [0, 0.1) is 11.3 Å². The molecule has 1 saturated carbocycles. The Hall–Kier alpha value is -1.75. The summed E-state index contributed by atoms with van der Waals surface area (Å²) in [5.74, 6) is 1.47. The zero-order valence-corrected chi connectivity index (χ0v) is 16.7. The van der Waals surface area contributed by atoms with E-state index < -0.39 is 0 Å². The second-order valence-corrected chi connectivity index (χ2v) is 7.20. The van der Waals surface area contributed by atoms with Crippen molar-refractivity contribution in [2.75, 3.05) is 18.5 Å². The van der Waals surface area contributed by atoms with E-state index in [1.165, 1.54) is 24.0 Å². The number of amides is 2. The first-order chi connectivity index (χ1) is 11.3. The maximum atomic E-state index is 11.7. The lowest BCUT2D eigenvalue weighted by Crippen LogP contribution is -2.48. The van der Waals surface area contributed by atoms with Gasteiger partial charge in [0, 0.05) is 13.6 Å². The van der Waals surface area contributed by atoms with Crippen LogP contribution in [0.15, 0.2) is 18.2 Å². The summed E-state index contributed by atoms with van der Waals surface area (Å²) in [6.45, 7) is 9.48. The second kappa shape index (κ2) is 9.09. The summed E-state index contributed by atoms with van der Waals surface area (Å²) in [7, 11) is 1.56. The Kier molecular flexibility index (Phi) is 7.74. The van der Waals surface area contributed by atoms with Gasteiger partial charge in [-0.3, -0.25) is 10.7 Å². The Balaban J connectivity index is 0.00000312. The average Bonchev–Trinajstić information content (AvgIpc) is 3.35. The molecule has 5 nitrogen and oxygen atoms in total. The molecular formula is C19H31ClN4O. The van der Waals surface area contributed by atoms with Crippen molar-refractivity contribution in [2.45, 2.75) is 52.4 Å². The van der Waals surface area contributed by atoms with Crippen molar-refractivity contribution in [3.05, 3.63) is 29.3 Å². The fraction of sp³-hybridized carbons (Fsp3) is 0.579. The maximum Gasteiger partial charge on any atom is 0.321 e. The van der Waals surface area contributed by atoms with Crippen molar-refractivity contribution >= 4 is 30.1 Å². The summed E-state index contributed by atoms with van der Waals surface area (Å²) >= 11 is 0. The van der Waals surface area contributed by atoms with Crippen LogP contribution in [0.5, 0.6) is 0 Å². The molecule has 0 bridgehead atoms. The first kappa shape index (κ1) is 21.3. The van der Waals surface area contributed by atoms with Crippen LogP contribution in [0.4, 0.5) is 10.5 Å². The van der Waals surface area contributed by atoms with E-state index in [1.54, 1.807) is 7.05 Å². The predicted molar refractivity (Wildman–Crippen MR) is 107 cm³/mol. The molecule has 140 valence electrons. The predicted octanol–water partition coefficient (Wildman–Crippen LogP) is 4.44. The Morgan fingerprint density at radius 1 is 1.20 bits per heavy atom. The van der Waals surface area contributed by atoms with Crippen LogP contribution in [-0.2, 0) is 0 Å². The molecule has 0 unspecified atom stereocenters. The molecule has 1 fully saturated rings. The number of anilines is 1. The van der Waals surface area contributed by atoms with Gasteiger partial charge in [-0.25, -0.2) is 4.79 Å². The van der Waals surface area contributed by atoms with Gasteiger partial charge in [-0.2, -0.15) is 0 Å². The molecule has 0 spiro atoms. The van der Waals surface area contributed by atoms with Gasteiger partial charge in [0.15, 0.2) is 0 Å². The van der Waals surface area contributed by atoms with Crippen LogP contribution < -0.4 is 15.5 Å². The van der Waals surface area contributed by atoms with Crippen LogP contribution >= 0.6 is 12.4 Å². The van der Waals surface area contributed by atoms with Gasteiger partial charge >= 0.3 is 6.03 Å². The summed E-state index contributed by atoms with van der Waals surface area (Å²) in [4.78, 5) is 13.7. The Morgan fingerprint density at radius 3 is 2.12 bits per heavy atom. The van der Waals surface area contributed by atoms with Gasteiger partial charge in [0.25, 0.3) is 0 Å². The highest BCUT2D eigenvalue weighted by Crippen LogP contribution is 2.38. The smallest absolute Gasteiger partial charge is 0.321 e. The third-order valence-corrected chi connectivity index (χ3v) is 4.48. The van der Waals surface area contributed by atoms with Gasteiger partial charge in [-0.15, -0.1) is 12.4 Å². The zero-order chi connectivity index (χ0) is 17.9. The number of hydrogen-bond acceptors (Lipinski definition) is 2. The van der Waals surface area contributed by atoms with E-state index in [4.69, 9.17) is 5.41 Å². The van der Waals surface area contributed by atoms with E-state index in [2.05, 4.69) is 56.5 Å². The van der Waals surface area contributed by atoms with Gasteiger partial charge in [0.1, 0.15) is 0 Å². The van der Waals surface area contributed by atoms with E-state index in [0.717, 1.165) is 12.2 Å². The average molecular weight is 367 g/mol. The van der Waals surface area contributed by atoms with Crippen LogP contribution in [0.3, 0.4) is 0 Å². The molecule has 1 aromatic carbocycles. The van der Waals surface area contributed by atoms with Gasteiger partial charge in [-0.1, -0.05) is 45.9 Å². The van der Waals surface area contributed by atoms with Gasteiger partial charge in [-0.05, 0) is 41.7 Å². The number of halogens is 1. The molecule has 2 amide bonds. The van der Waals surface area contributed by atoms with E-state index in [9.17, 15) is 4.79 Å². The molecule has 0 aliphatic heterocycles. The molecule has 0 saturated heterocycles. The third-order valence-electron chi connectivity index (χ3n) is 4.48. The number of carbonyl (C=O) groups excluding carboxylic acids is 1. The minimum absolute atomic E-state index is 0. The first-order valence-corrected chi connectivity index (χ1v) is 8.82. The molecular weight excluding hydrogens is 336 g/mol. The van der Waals surface area contributed by atoms with Crippen LogP contribution in [-0.4, -0.2) is 25.6 Å². The number of benzene rings is 1. The van der Waals surface area contributed by atoms with Gasteiger partial charge in [0.2, 0.25) is 5.96 Å². The van der Waals surface area contributed by atoms with E-state index in [-0.39, 0.29) is 24.4 Å². The number of rotatable bonds is 5. The molecule has 0 atom stereocenters. The van der Waals surface area contributed by atoms with Crippen molar-refractivity contribution in [1.82, 2.24) is 10.6 Å². The highest BCUT2D eigenvalue weighted by atomic mass is 35.5. The molecule has 1 aromatic rings. The van der Waals surface area contributed by atoms with Crippen molar-refractivity contribution < 1.29 is 4.79 Å². The lowest BCUT2D eigenvalue weighted by molar-refractivity contribution is 0.247. The Bertz CT molecular complexity index is 585. The van der Waals surface area contributed by atoms with Crippen molar-refractivity contribution in [2.24, 2.45) is 5.92 Å². The number of nitrogens with zero attached hydrogens (tertiary/aromatic N) is 1. The molecule has 25 heavy (non-hydrogen) atoms. The van der Waals surface area contributed by atoms with Gasteiger partial charge in [0.05, 0.1) is 5.69 Å². The molecule has 1 aliphatic rings.